The zero-order valence-corrected chi connectivity index (χ0v) is 23.3. The first-order valence-corrected chi connectivity index (χ1v) is 14.9. The number of carboxylic acid groups (broad SMARTS) is 1. The predicted molar refractivity (Wildman–Crippen MR) is 143 cm³/mol. The number of amides is 4. The molecule has 1 saturated heterocycles. The Hall–Kier alpha value is -2.93. The first-order valence-electron chi connectivity index (χ1n) is 13.3. The highest BCUT2D eigenvalue weighted by Gasteiger charge is 2.62. The predicted octanol–water partition coefficient (Wildman–Crippen LogP) is 0.882. The van der Waals surface area contributed by atoms with Crippen molar-refractivity contribution >= 4 is 33.8 Å². The summed E-state index contributed by atoms with van der Waals surface area (Å²) >= 11 is 0. The maximum atomic E-state index is 13.6. The second-order valence-electron chi connectivity index (χ2n) is 11.2. The van der Waals surface area contributed by atoms with Crippen molar-refractivity contribution in [3.63, 3.8) is 0 Å². The van der Waals surface area contributed by atoms with E-state index in [1.54, 1.807) is 13.0 Å². The average Bonchev–Trinajstić information content (AvgIpc) is 3.77. The minimum Gasteiger partial charge on any atom is -0.465 e. The molecule has 1 heterocycles. The van der Waals surface area contributed by atoms with E-state index in [9.17, 15) is 37.8 Å². The standard InChI is InChI=1S/C26H40N4O8S/c1-5-7-8-15(3)11-16(4)21(27-25(35)36)23(33)30-14-18(31)12-20(30)22(32)28-26(13-17(26)6-2)24(34)29-39(37,38)19-9-10-19/h5-6,15-21,27,31H,1-2,7-14H2,3-4H3,(H,28,32)(H,29,34)(H,35,36)/t15?,16-,17-,18-,20+,21+,26-/m1/s1. The molecule has 1 aliphatic heterocycles. The molecule has 4 amide bonds. The highest BCUT2D eigenvalue weighted by molar-refractivity contribution is 7.91. The normalized spacial score (nSPS) is 28.5. The van der Waals surface area contributed by atoms with Gasteiger partial charge in [-0.15, -0.1) is 13.2 Å². The molecule has 3 aliphatic rings. The van der Waals surface area contributed by atoms with Crippen molar-refractivity contribution < 1.29 is 37.8 Å². The number of allylic oxidation sites excluding steroid dienone is 1. The number of likely N-dealkylation sites (tertiary alicyclic amines) is 1. The molecule has 218 valence electrons. The Morgan fingerprint density at radius 1 is 1.18 bits per heavy atom. The fourth-order valence-corrected chi connectivity index (χ4v) is 6.74. The molecule has 0 spiro atoms. The van der Waals surface area contributed by atoms with Gasteiger partial charge in [0.2, 0.25) is 21.8 Å². The van der Waals surface area contributed by atoms with E-state index in [-0.39, 0.29) is 25.3 Å². The molecule has 0 bridgehead atoms. The van der Waals surface area contributed by atoms with Crippen LogP contribution < -0.4 is 15.4 Å². The van der Waals surface area contributed by atoms with E-state index in [1.165, 1.54) is 6.08 Å². The Labute approximate surface area is 229 Å². The van der Waals surface area contributed by atoms with Crippen LogP contribution in [-0.4, -0.2) is 82.9 Å². The second-order valence-corrected chi connectivity index (χ2v) is 13.2. The zero-order valence-electron chi connectivity index (χ0n) is 22.5. The van der Waals surface area contributed by atoms with Crippen LogP contribution >= 0.6 is 0 Å². The van der Waals surface area contributed by atoms with Crippen molar-refractivity contribution in [3.05, 3.63) is 25.3 Å². The van der Waals surface area contributed by atoms with Gasteiger partial charge in [0.05, 0.1) is 11.4 Å². The summed E-state index contributed by atoms with van der Waals surface area (Å²) in [6.45, 7) is 10.9. The van der Waals surface area contributed by atoms with Crippen molar-refractivity contribution in [1.82, 2.24) is 20.3 Å². The molecule has 0 aromatic heterocycles. The quantitative estimate of drug-likeness (QED) is 0.191. The van der Waals surface area contributed by atoms with Crippen molar-refractivity contribution in [1.29, 1.82) is 0 Å². The molecule has 12 nitrogen and oxygen atoms in total. The Morgan fingerprint density at radius 3 is 2.38 bits per heavy atom. The highest BCUT2D eigenvalue weighted by atomic mass is 32.2. The zero-order chi connectivity index (χ0) is 29.1. The summed E-state index contributed by atoms with van der Waals surface area (Å²) in [4.78, 5) is 52.7. The van der Waals surface area contributed by atoms with Crippen LogP contribution in [0.15, 0.2) is 25.3 Å². The summed E-state index contributed by atoms with van der Waals surface area (Å²) in [6.07, 6.45) is 3.91. The van der Waals surface area contributed by atoms with Gasteiger partial charge in [0, 0.05) is 18.9 Å². The lowest BCUT2D eigenvalue weighted by atomic mass is 9.88. The molecule has 0 radical (unpaired) electrons. The third kappa shape index (κ3) is 7.18. The van der Waals surface area contributed by atoms with Gasteiger partial charge in [0.15, 0.2) is 0 Å². The monoisotopic (exact) mass is 568 g/mol. The van der Waals surface area contributed by atoms with Crippen LogP contribution in [0.2, 0.25) is 0 Å². The molecular formula is C26H40N4O8S. The lowest BCUT2D eigenvalue weighted by molar-refractivity contribution is -0.142. The largest absolute Gasteiger partial charge is 0.465 e. The fourth-order valence-electron chi connectivity index (χ4n) is 5.38. The van der Waals surface area contributed by atoms with Gasteiger partial charge in [-0.05, 0) is 50.4 Å². The number of hydrogen-bond donors (Lipinski definition) is 5. The molecule has 5 N–H and O–H groups in total. The van der Waals surface area contributed by atoms with E-state index in [4.69, 9.17) is 0 Å². The number of carbonyl (C=O) groups excluding carboxylic acids is 3. The van der Waals surface area contributed by atoms with E-state index >= 15 is 0 Å². The maximum Gasteiger partial charge on any atom is 0.405 e. The summed E-state index contributed by atoms with van der Waals surface area (Å²) in [5.74, 6) is -2.98. The van der Waals surface area contributed by atoms with Gasteiger partial charge in [0.1, 0.15) is 17.6 Å². The maximum absolute atomic E-state index is 13.6. The van der Waals surface area contributed by atoms with Gasteiger partial charge in [-0.1, -0.05) is 26.0 Å². The van der Waals surface area contributed by atoms with Crippen LogP contribution in [-0.2, 0) is 24.4 Å². The number of β-amino-alcohol motifs (C(OH)–C–C–N with tert-alkyl or cyclic N) is 1. The van der Waals surface area contributed by atoms with Crippen LogP contribution in [0.3, 0.4) is 0 Å². The number of rotatable bonds is 14. The van der Waals surface area contributed by atoms with Crippen LogP contribution in [0.4, 0.5) is 4.79 Å². The summed E-state index contributed by atoms with van der Waals surface area (Å²) in [5, 5.41) is 24.0. The van der Waals surface area contributed by atoms with Crippen molar-refractivity contribution in [2.45, 2.75) is 87.8 Å². The molecule has 0 aromatic rings. The van der Waals surface area contributed by atoms with Gasteiger partial charge in [-0.3, -0.25) is 19.1 Å². The minimum atomic E-state index is -3.86. The number of hydrogen-bond acceptors (Lipinski definition) is 7. The summed E-state index contributed by atoms with van der Waals surface area (Å²) in [7, 11) is -3.86. The van der Waals surface area contributed by atoms with Crippen LogP contribution in [0.25, 0.3) is 0 Å². The van der Waals surface area contributed by atoms with E-state index in [0.717, 1.165) is 17.7 Å². The van der Waals surface area contributed by atoms with Crippen LogP contribution in [0, 0.1) is 17.8 Å². The molecule has 13 heteroatoms. The Morgan fingerprint density at radius 2 is 1.85 bits per heavy atom. The van der Waals surface area contributed by atoms with Gasteiger partial charge < -0.3 is 25.7 Å². The van der Waals surface area contributed by atoms with Crippen LogP contribution in [0.5, 0.6) is 0 Å². The molecule has 1 unspecified atom stereocenters. The van der Waals surface area contributed by atoms with Crippen molar-refractivity contribution in [3.8, 4) is 0 Å². The second kappa shape index (κ2) is 12.1. The molecule has 3 rings (SSSR count). The molecule has 7 atom stereocenters. The third-order valence-corrected chi connectivity index (χ3v) is 9.68. The summed E-state index contributed by atoms with van der Waals surface area (Å²) < 4.78 is 26.8. The van der Waals surface area contributed by atoms with Gasteiger partial charge in [-0.25, -0.2) is 13.2 Å². The smallest absolute Gasteiger partial charge is 0.405 e. The minimum absolute atomic E-state index is 0.113. The summed E-state index contributed by atoms with van der Waals surface area (Å²) in [6, 6.07) is -2.33. The molecular weight excluding hydrogens is 528 g/mol. The van der Waals surface area contributed by atoms with Crippen molar-refractivity contribution in [2.75, 3.05) is 6.54 Å². The first kappa shape index (κ1) is 30.6. The number of nitrogens with one attached hydrogen (secondary N) is 3. The van der Waals surface area contributed by atoms with E-state index in [2.05, 4.69) is 28.5 Å². The third-order valence-electron chi connectivity index (χ3n) is 7.87. The Kier molecular flexibility index (Phi) is 9.47. The SMILES string of the molecule is C=CCCC(C)C[C@@H](C)[C@H](NC(=O)O)C(=O)N1C[C@H](O)C[C@H]1C(=O)N[C@]1(C(=O)NS(=O)(=O)C2CC2)C[C@H]1C=C. The highest BCUT2D eigenvalue weighted by Crippen LogP contribution is 2.45. The lowest BCUT2D eigenvalue weighted by Crippen LogP contribution is -2.59. The van der Waals surface area contributed by atoms with E-state index in [1.807, 2.05) is 6.92 Å². The fraction of sp³-hybridized carbons (Fsp3) is 0.692. The van der Waals surface area contributed by atoms with Crippen molar-refractivity contribution in [2.24, 2.45) is 17.8 Å². The molecule has 2 aliphatic carbocycles. The topological polar surface area (TPSA) is 182 Å². The Bertz CT molecular complexity index is 1110. The molecule has 39 heavy (non-hydrogen) atoms. The van der Waals surface area contributed by atoms with Gasteiger partial charge >= 0.3 is 6.09 Å². The van der Waals surface area contributed by atoms with Gasteiger partial charge in [0.25, 0.3) is 5.91 Å². The van der Waals surface area contributed by atoms with E-state index in [0.29, 0.717) is 19.3 Å². The summed E-state index contributed by atoms with van der Waals surface area (Å²) in [5.41, 5.74) is -1.53. The van der Waals surface area contributed by atoms with Crippen LogP contribution in [0.1, 0.15) is 58.8 Å². The molecule has 3 fully saturated rings. The number of aliphatic hydroxyl groups excluding tert-OH is 1. The van der Waals surface area contributed by atoms with E-state index < -0.39 is 74.7 Å². The lowest BCUT2D eigenvalue weighted by Gasteiger charge is -2.32. The van der Waals surface area contributed by atoms with Gasteiger partial charge in [-0.2, -0.15) is 0 Å². The number of nitrogens with zero attached hydrogens (tertiary/aromatic N) is 1. The first-order chi connectivity index (χ1) is 18.3. The average molecular weight is 569 g/mol. The molecule has 2 saturated carbocycles. The Balaban J connectivity index is 1.76. The number of sulfonamides is 1. The molecule has 0 aromatic carbocycles. The number of aliphatic hydroxyl groups is 1. The number of carbonyl (C=O) groups is 4.